The number of fused-ring (bicyclic) bond motifs is 3. The van der Waals surface area contributed by atoms with Crippen LogP contribution in [0.15, 0.2) is 23.2 Å². The minimum Gasteiger partial charge on any atom is -0.497 e. The summed E-state index contributed by atoms with van der Waals surface area (Å²) in [4.78, 5) is 8.25. The number of nitrogens with zero attached hydrogens (tertiary/aromatic N) is 1. The van der Waals surface area contributed by atoms with E-state index >= 15 is 0 Å². The van der Waals surface area contributed by atoms with Crippen molar-refractivity contribution in [2.24, 2.45) is 4.99 Å². The van der Waals surface area contributed by atoms with Crippen LogP contribution in [0.25, 0.3) is 10.9 Å². The van der Waals surface area contributed by atoms with Gasteiger partial charge in [-0.2, -0.15) is 0 Å². The number of aryl methyl sites for hydroxylation is 1. The second-order valence-electron chi connectivity index (χ2n) is 7.81. The molecule has 8 heteroatoms. The van der Waals surface area contributed by atoms with Crippen LogP contribution in [0.2, 0.25) is 0 Å². The van der Waals surface area contributed by atoms with Crippen LogP contribution >= 0.6 is 24.0 Å². The van der Waals surface area contributed by atoms with Crippen LogP contribution in [-0.4, -0.2) is 56.5 Å². The number of halogens is 1. The predicted octanol–water partition coefficient (Wildman–Crippen LogP) is 3.61. The average molecular weight is 528 g/mol. The van der Waals surface area contributed by atoms with Gasteiger partial charge in [0.15, 0.2) is 5.96 Å². The number of hydrogen-bond acceptors (Lipinski definition) is 4. The van der Waals surface area contributed by atoms with E-state index in [0.29, 0.717) is 18.2 Å². The first-order valence-corrected chi connectivity index (χ1v) is 10.6. The first-order chi connectivity index (χ1) is 14.2. The van der Waals surface area contributed by atoms with Gasteiger partial charge >= 0.3 is 0 Å². The third kappa shape index (κ3) is 5.14. The summed E-state index contributed by atoms with van der Waals surface area (Å²) in [5.74, 6) is 2.52. The van der Waals surface area contributed by atoms with Crippen molar-refractivity contribution in [2.75, 3.05) is 27.3 Å². The second-order valence-corrected chi connectivity index (χ2v) is 7.81. The van der Waals surface area contributed by atoms with E-state index in [9.17, 15) is 0 Å². The summed E-state index contributed by atoms with van der Waals surface area (Å²) < 4.78 is 16.8. The minimum absolute atomic E-state index is 0. The number of methoxy groups -OCH3 is 2. The number of nitrogens with one attached hydrogen (secondary N) is 3. The molecule has 0 amide bonds. The van der Waals surface area contributed by atoms with Crippen molar-refractivity contribution in [3.63, 3.8) is 0 Å². The van der Waals surface area contributed by atoms with Gasteiger partial charge in [0, 0.05) is 36.3 Å². The van der Waals surface area contributed by atoms with Crippen LogP contribution in [-0.2, 0) is 11.2 Å². The van der Waals surface area contributed by atoms with Gasteiger partial charge in [0.05, 0.1) is 38.0 Å². The van der Waals surface area contributed by atoms with Gasteiger partial charge < -0.3 is 29.8 Å². The second kappa shape index (κ2) is 10.6. The van der Waals surface area contributed by atoms with Gasteiger partial charge in [0.1, 0.15) is 11.5 Å². The monoisotopic (exact) mass is 528 g/mol. The van der Waals surface area contributed by atoms with Gasteiger partial charge in [-0.1, -0.05) is 0 Å². The van der Waals surface area contributed by atoms with Crippen molar-refractivity contribution in [2.45, 2.75) is 57.3 Å². The number of aromatic amines is 1. The molecule has 2 aromatic rings. The molecule has 3 heterocycles. The van der Waals surface area contributed by atoms with E-state index < -0.39 is 0 Å². The Balaban J connectivity index is 0.00000256. The van der Waals surface area contributed by atoms with Crippen molar-refractivity contribution in [1.29, 1.82) is 0 Å². The summed E-state index contributed by atoms with van der Waals surface area (Å²) in [7, 11) is 3.35. The lowest BCUT2D eigenvalue weighted by molar-refractivity contribution is 0.0992. The molecule has 7 nitrogen and oxygen atoms in total. The van der Waals surface area contributed by atoms with Gasteiger partial charge in [-0.25, -0.2) is 0 Å². The topological polar surface area (TPSA) is 79.9 Å². The van der Waals surface area contributed by atoms with E-state index in [1.54, 1.807) is 14.2 Å². The zero-order valence-electron chi connectivity index (χ0n) is 18.0. The SMILES string of the molecule is CCNC(=NCCCc1cc2c(OC)cc(OC)cc2[nH]1)NC1CC2CCC1O2.I. The summed E-state index contributed by atoms with van der Waals surface area (Å²) in [6.07, 6.45) is 6.15. The molecule has 0 saturated carbocycles. The molecular weight excluding hydrogens is 495 g/mol. The molecule has 2 aliphatic heterocycles. The third-order valence-corrected chi connectivity index (χ3v) is 5.83. The van der Waals surface area contributed by atoms with Crippen molar-refractivity contribution in [3.8, 4) is 11.5 Å². The van der Waals surface area contributed by atoms with Crippen LogP contribution in [0.3, 0.4) is 0 Å². The van der Waals surface area contributed by atoms with E-state index in [1.165, 1.54) is 12.1 Å². The van der Waals surface area contributed by atoms with E-state index in [0.717, 1.165) is 67.1 Å². The molecule has 1 aromatic heterocycles. The van der Waals surface area contributed by atoms with Gasteiger partial charge in [0.2, 0.25) is 0 Å². The summed E-state index contributed by atoms with van der Waals surface area (Å²) in [6, 6.07) is 6.47. The maximum Gasteiger partial charge on any atom is 0.191 e. The molecule has 2 fully saturated rings. The van der Waals surface area contributed by atoms with E-state index in [1.807, 2.05) is 12.1 Å². The molecule has 2 bridgehead atoms. The van der Waals surface area contributed by atoms with Gasteiger partial charge in [-0.3, -0.25) is 4.99 Å². The number of ether oxygens (including phenoxy) is 3. The zero-order valence-corrected chi connectivity index (χ0v) is 20.3. The fourth-order valence-electron chi connectivity index (χ4n) is 4.40. The molecule has 0 aliphatic carbocycles. The van der Waals surface area contributed by atoms with Crippen LogP contribution < -0.4 is 20.1 Å². The molecule has 3 N–H and O–H groups in total. The first kappa shape index (κ1) is 23.0. The summed E-state index contributed by atoms with van der Waals surface area (Å²) >= 11 is 0. The van der Waals surface area contributed by atoms with Gasteiger partial charge in [-0.15, -0.1) is 24.0 Å². The van der Waals surface area contributed by atoms with E-state index in [2.05, 4.69) is 28.6 Å². The van der Waals surface area contributed by atoms with E-state index in [-0.39, 0.29) is 24.0 Å². The minimum atomic E-state index is 0. The first-order valence-electron chi connectivity index (χ1n) is 10.6. The normalized spacial score (nSPS) is 22.8. The Bertz CT molecular complexity index is 869. The van der Waals surface area contributed by atoms with Crippen molar-refractivity contribution < 1.29 is 14.2 Å². The van der Waals surface area contributed by atoms with Crippen molar-refractivity contribution >= 4 is 40.8 Å². The maximum atomic E-state index is 5.94. The number of aliphatic imine (C=N–C) groups is 1. The number of aromatic nitrogens is 1. The smallest absolute Gasteiger partial charge is 0.191 e. The highest BCUT2D eigenvalue weighted by Crippen LogP contribution is 2.34. The predicted molar refractivity (Wildman–Crippen MR) is 131 cm³/mol. The van der Waals surface area contributed by atoms with Gasteiger partial charge in [0.25, 0.3) is 0 Å². The maximum absolute atomic E-state index is 5.94. The van der Waals surface area contributed by atoms with Crippen LogP contribution in [0.1, 0.15) is 38.3 Å². The Morgan fingerprint density at radius 1 is 1.23 bits per heavy atom. The Labute approximate surface area is 195 Å². The average Bonchev–Trinajstić information content (AvgIpc) is 3.45. The van der Waals surface area contributed by atoms with Crippen LogP contribution in [0, 0.1) is 0 Å². The number of hydrogen-bond donors (Lipinski definition) is 3. The summed E-state index contributed by atoms with van der Waals surface area (Å²) in [5, 5.41) is 8.02. The van der Waals surface area contributed by atoms with Crippen LogP contribution in [0.4, 0.5) is 0 Å². The Kier molecular flexibility index (Phi) is 8.10. The van der Waals surface area contributed by atoms with Crippen molar-refractivity contribution in [1.82, 2.24) is 15.6 Å². The molecule has 4 rings (SSSR count). The molecule has 2 saturated heterocycles. The lowest BCUT2D eigenvalue weighted by atomic mass is 9.96. The molecule has 3 unspecified atom stereocenters. The lowest BCUT2D eigenvalue weighted by Gasteiger charge is -2.22. The Hall–Kier alpha value is -1.68. The van der Waals surface area contributed by atoms with Gasteiger partial charge in [-0.05, 0) is 45.1 Å². The van der Waals surface area contributed by atoms with Crippen molar-refractivity contribution in [3.05, 3.63) is 23.9 Å². The summed E-state index contributed by atoms with van der Waals surface area (Å²) in [5.41, 5.74) is 2.22. The Morgan fingerprint density at radius 3 is 2.77 bits per heavy atom. The number of guanidine groups is 1. The molecule has 2 aliphatic rings. The number of rotatable bonds is 8. The highest BCUT2D eigenvalue weighted by atomic mass is 127. The largest absolute Gasteiger partial charge is 0.497 e. The fraction of sp³-hybridized carbons (Fsp3) is 0.591. The lowest BCUT2D eigenvalue weighted by Crippen LogP contribution is -2.47. The zero-order chi connectivity index (χ0) is 20.2. The highest BCUT2D eigenvalue weighted by molar-refractivity contribution is 14.0. The van der Waals surface area contributed by atoms with E-state index in [4.69, 9.17) is 19.2 Å². The van der Waals surface area contributed by atoms with Crippen LogP contribution in [0.5, 0.6) is 11.5 Å². The number of benzene rings is 1. The standard InChI is InChI=1S/C22H32N4O3.HI/c1-4-23-22(26-19-11-15-7-8-20(19)29-15)24-9-5-6-14-10-17-18(25-14)12-16(27-2)13-21(17)28-3;/h10,12-13,15,19-20,25H,4-9,11H2,1-3H3,(H2,23,24,26);1H. The molecule has 0 radical (unpaired) electrons. The summed E-state index contributed by atoms with van der Waals surface area (Å²) in [6.45, 7) is 3.73. The number of H-pyrrole nitrogens is 1. The molecule has 30 heavy (non-hydrogen) atoms. The molecular formula is C22H33IN4O3. The molecule has 1 aromatic carbocycles. The quantitative estimate of drug-likeness (QED) is 0.211. The highest BCUT2D eigenvalue weighted by Gasteiger charge is 2.41. The fourth-order valence-corrected chi connectivity index (χ4v) is 4.40. The third-order valence-electron chi connectivity index (χ3n) is 5.83. The molecule has 166 valence electrons. The molecule has 0 spiro atoms. The molecule has 3 atom stereocenters. The Morgan fingerprint density at radius 2 is 2.10 bits per heavy atom.